The molecule has 5 N–H and O–H groups in total. The van der Waals surface area contributed by atoms with Crippen molar-refractivity contribution in [1.82, 2.24) is 0 Å². The van der Waals surface area contributed by atoms with E-state index >= 15 is 0 Å². The first-order chi connectivity index (χ1) is 42.5. The highest BCUT2D eigenvalue weighted by molar-refractivity contribution is 7.85. The minimum absolute atomic E-state index is 0. The molecule has 4 saturated carbocycles. The van der Waals surface area contributed by atoms with E-state index in [2.05, 4.69) is 18.6 Å². The van der Waals surface area contributed by atoms with E-state index in [1.54, 1.807) is 31.4 Å². The Morgan fingerprint density at radius 2 is 0.989 bits per heavy atom. The van der Waals surface area contributed by atoms with Gasteiger partial charge in [0.25, 0.3) is 0 Å². The lowest BCUT2D eigenvalue weighted by Gasteiger charge is -2.53. The van der Waals surface area contributed by atoms with Gasteiger partial charge in [0.1, 0.15) is 17.6 Å². The Morgan fingerprint density at radius 3 is 1.38 bits per heavy atom. The number of phosphoric acid groups is 2. The second-order valence-corrected chi connectivity index (χ2v) is 31.5. The van der Waals surface area contributed by atoms with E-state index in [-0.39, 0.29) is 125 Å². The number of aliphatic hydroxyl groups excluding tert-OH is 2. The Labute approximate surface area is 543 Å². The average molecular weight is 1430 g/mol. The van der Waals surface area contributed by atoms with E-state index in [1.807, 2.05) is 12.1 Å². The molecule has 92 heavy (non-hydrogen) atoms. The highest BCUT2D eigenvalue weighted by atomic mass is 35.5. The molecule has 4 fully saturated rings. The number of ether oxygens (including phenoxy) is 4. The fourth-order valence-corrected chi connectivity index (χ4v) is 18.8. The summed E-state index contributed by atoms with van der Waals surface area (Å²) in [6.45, 7) is 5.51. The molecule has 6 aliphatic rings. The number of halogens is 11. The van der Waals surface area contributed by atoms with Gasteiger partial charge in [-0.05, 0) is 207 Å². The minimum atomic E-state index is -5.62. The normalized spacial score (nSPS) is 29.0. The van der Waals surface area contributed by atoms with Crippen molar-refractivity contribution in [3.05, 3.63) is 58.7 Å². The average Bonchev–Trinajstić information content (AvgIpc) is 1.40. The first-order valence-corrected chi connectivity index (χ1v) is 37.4. The smallest absolute Gasteiger partial charge is 0.404 e. The minimum Gasteiger partial charge on any atom is -0.404 e. The molecule has 0 amide bonds. The van der Waals surface area contributed by atoms with Crippen molar-refractivity contribution in [3.63, 3.8) is 0 Å². The van der Waals surface area contributed by atoms with Crippen molar-refractivity contribution in [2.24, 2.45) is 46.3 Å². The third-order valence-electron chi connectivity index (χ3n) is 19.8. The van der Waals surface area contributed by atoms with E-state index in [1.165, 1.54) is 7.11 Å². The van der Waals surface area contributed by atoms with Crippen LogP contribution in [0.2, 0.25) is 0 Å². The van der Waals surface area contributed by atoms with E-state index in [0.717, 1.165) is 73.6 Å². The largest absolute Gasteiger partial charge is 0.529 e. The van der Waals surface area contributed by atoms with Crippen molar-refractivity contribution in [3.8, 4) is 11.5 Å². The first-order valence-electron chi connectivity index (χ1n) is 30.8. The molecule has 6 aliphatic carbocycles. The van der Waals surface area contributed by atoms with Gasteiger partial charge in [-0.2, -0.15) is 43.9 Å². The van der Waals surface area contributed by atoms with Gasteiger partial charge in [0, 0.05) is 71.7 Å². The van der Waals surface area contributed by atoms with Crippen LogP contribution in [0.3, 0.4) is 0 Å². The van der Waals surface area contributed by atoms with Gasteiger partial charge in [-0.1, -0.05) is 45.0 Å². The predicted octanol–water partition coefficient (Wildman–Crippen LogP) is 14.3. The maximum absolute atomic E-state index is 13.2. The number of fused-ring (bicyclic) bond motifs is 10. The third-order valence-corrected chi connectivity index (χ3v) is 24.2. The molecule has 3 unspecified atom stereocenters. The molecule has 532 valence electrons. The second-order valence-electron chi connectivity index (χ2n) is 25.4. The number of rotatable bonds is 30. The molecule has 2 aromatic carbocycles. The van der Waals surface area contributed by atoms with Crippen molar-refractivity contribution >= 4 is 48.8 Å². The van der Waals surface area contributed by atoms with Crippen LogP contribution in [-0.4, -0.2) is 146 Å². The van der Waals surface area contributed by atoms with Crippen molar-refractivity contribution in [1.29, 1.82) is 0 Å². The molecular weight excluding hydrogens is 1340 g/mol. The second kappa shape index (κ2) is 34.7. The van der Waals surface area contributed by atoms with Gasteiger partial charge in [0.15, 0.2) is 6.79 Å². The maximum atomic E-state index is 13.2. The molecule has 15 atom stereocenters. The zero-order chi connectivity index (χ0) is 67.4. The van der Waals surface area contributed by atoms with Gasteiger partial charge in [0.2, 0.25) is 0 Å². The van der Waals surface area contributed by atoms with Crippen LogP contribution in [0, 0.1) is 46.3 Å². The molecule has 0 bridgehead atoms. The summed E-state index contributed by atoms with van der Waals surface area (Å²) >= 11 is 5.16. The number of benzene rings is 2. The van der Waals surface area contributed by atoms with Crippen LogP contribution in [-0.2, 0) is 67.0 Å². The van der Waals surface area contributed by atoms with Crippen LogP contribution in [0.5, 0.6) is 11.5 Å². The zero-order valence-electron chi connectivity index (χ0n) is 51.6. The van der Waals surface area contributed by atoms with Gasteiger partial charge in [0.05, 0.1) is 38.6 Å². The van der Waals surface area contributed by atoms with Crippen LogP contribution < -0.4 is 9.05 Å². The van der Waals surface area contributed by atoms with E-state index < -0.39 is 93.9 Å². The Kier molecular flexibility index (Phi) is 30.4. The highest BCUT2D eigenvalue weighted by Crippen LogP contribution is 2.65. The zero-order valence-corrected chi connectivity index (χ0v) is 55.8. The molecule has 0 spiro atoms. The van der Waals surface area contributed by atoms with Crippen LogP contribution in [0.25, 0.3) is 0 Å². The lowest BCUT2D eigenvalue weighted by Crippen LogP contribution is -2.47. The van der Waals surface area contributed by atoms with Gasteiger partial charge >= 0.3 is 39.8 Å². The maximum Gasteiger partial charge on any atom is 0.529 e. The number of phosphoric ester groups is 2. The SMILES string of the molecule is C.COCCOCCl.COCCOCOP(=O)(O)Oc1ccc2c(c1)C[C@@H](CCCS(=O)CCCC(F)(F)C(F)(F)F)[C@@H]1[C@@H]2CC[C@]2(C)[C@@H](O)CC[C@@H]12.C[C@]12CC[C@@H]3c4ccc(OP(=O)(O)O)cc4C[C@@H](CCCS(=O)CCCC(F)(F)C(F)(F)F)[C@H]3[C@@H]1CC[C@@H]2O. The van der Waals surface area contributed by atoms with Gasteiger partial charge in [-0.3, -0.25) is 23.1 Å². The van der Waals surface area contributed by atoms with Crippen LogP contribution in [0.15, 0.2) is 36.4 Å². The topological polar surface area (TPSA) is 234 Å². The predicted molar refractivity (Wildman–Crippen MR) is 329 cm³/mol. The third kappa shape index (κ3) is 21.5. The number of hydrogen-bond donors (Lipinski definition) is 5. The Bertz CT molecular complexity index is 2790. The fourth-order valence-electron chi connectivity index (χ4n) is 15.4. The number of hydrogen-bond acceptors (Lipinski definition) is 13. The Morgan fingerprint density at radius 1 is 0.587 bits per heavy atom. The molecule has 16 nitrogen and oxygen atoms in total. The van der Waals surface area contributed by atoms with Crippen LogP contribution in [0.4, 0.5) is 43.9 Å². The fraction of sp³-hybridized carbons (Fsp3) is 0.803. The van der Waals surface area contributed by atoms with Crippen molar-refractivity contribution in [2.75, 3.05) is 76.5 Å². The quantitative estimate of drug-likeness (QED) is 0.0161. The van der Waals surface area contributed by atoms with E-state index in [4.69, 9.17) is 39.4 Å². The summed E-state index contributed by atoms with van der Waals surface area (Å²) in [5.41, 5.74) is 3.74. The summed E-state index contributed by atoms with van der Waals surface area (Å²) in [6, 6.07) is 10.7. The lowest BCUT2D eigenvalue weighted by atomic mass is 9.52. The highest BCUT2D eigenvalue weighted by Gasteiger charge is 2.60. The molecule has 0 heterocycles. The molecule has 2 aromatic rings. The summed E-state index contributed by atoms with van der Waals surface area (Å²) < 4.78 is 210. The number of aliphatic hydroxyl groups is 2. The molecule has 0 aromatic heterocycles. The van der Waals surface area contributed by atoms with Crippen molar-refractivity contribution in [2.45, 2.75) is 185 Å². The Hall–Kier alpha value is -2.01. The van der Waals surface area contributed by atoms with Gasteiger partial charge in [-0.25, -0.2) is 13.7 Å². The van der Waals surface area contributed by atoms with Gasteiger partial charge in [-0.15, -0.1) is 0 Å². The monoisotopic (exact) mass is 1430 g/mol. The molecular formula is C61H93ClF10O16P2S2. The molecule has 31 heteroatoms. The summed E-state index contributed by atoms with van der Waals surface area (Å²) in [4.78, 5) is 28.6. The summed E-state index contributed by atoms with van der Waals surface area (Å²) in [7, 11) is -9.13. The summed E-state index contributed by atoms with van der Waals surface area (Å²) in [6.07, 6.45) is -5.47. The molecule has 0 aliphatic heterocycles. The summed E-state index contributed by atoms with van der Waals surface area (Å²) in [5, 5.41) is 21.7. The Balaban J connectivity index is 0.000000301. The summed E-state index contributed by atoms with van der Waals surface area (Å²) in [5.74, 6) is -7.68. The molecule has 0 saturated heterocycles. The van der Waals surface area contributed by atoms with Crippen LogP contribution >= 0.6 is 27.2 Å². The van der Waals surface area contributed by atoms with E-state index in [9.17, 15) is 86.3 Å². The molecule has 8 rings (SSSR count). The standard InChI is InChI=1S/C30H44F5O8PS.C26H36F5O6PS.C4H9ClO2.CH4/c1-28-12-10-24-23-7-6-22(43-44(37,38)42-19-41-14-13-40-2)18-21(23)17-20(27(24)25(28)8-9-26(28)36)5-3-15-45(39)16-4-11-29(31,32)30(33,34)35;1-24-11-9-20-19-6-5-18(37-38(33,34)35)15-17(19)14-16(23(20)21(24)7-8-22(24)32)4-2-12-39(36)13-3-10-25(27,28)26(29,30)31;1-6-2-3-7-4-5;/h6-7,18,20,24-27,36H,3-5,8-17,19H2,1-2H3,(H,37,38);5-6,15-16,20-23,32H,2-4,7-14H2,1H3,(H2,33,34,35);2-4H2,1H3;1H4/t20-,24-,25+,26+,27-,28+,45?;16-,20-,21+,22+,23-,24+,39?;;/m11../s1. The molecule has 0 radical (unpaired) electrons. The number of methoxy groups -OCH3 is 2. The van der Waals surface area contributed by atoms with Crippen molar-refractivity contribution < 1.29 is 119 Å². The van der Waals surface area contributed by atoms with E-state index in [0.29, 0.717) is 58.3 Å². The first kappa shape index (κ1) is 80.7. The van der Waals surface area contributed by atoms with Crippen LogP contribution in [0.1, 0.15) is 158 Å². The number of alkyl halides is 11. The van der Waals surface area contributed by atoms with Gasteiger partial charge < -0.3 is 38.2 Å². The lowest BCUT2D eigenvalue weighted by molar-refractivity contribution is -0.284.